The molecule has 1 N–H and O–H groups in total. The molecular formula is C14H25F2NO. The molecule has 0 amide bonds. The highest BCUT2D eigenvalue weighted by atomic mass is 19.3. The van der Waals surface area contributed by atoms with Gasteiger partial charge >= 0.3 is 0 Å². The monoisotopic (exact) mass is 261 g/mol. The first-order chi connectivity index (χ1) is 8.57. The van der Waals surface area contributed by atoms with Crippen LogP contribution in [0.4, 0.5) is 8.78 Å². The minimum Gasteiger partial charge on any atom is -0.381 e. The van der Waals surface area contributed by atoms with Crippen LogP contribution in [0.2, 0.25) is 0 Å². The SMILES string of the molecule is C[C@H](NCC1CCC(F)(F)CC1)[C@H]1CCCOC1. The van der Waals surface area contributed by atoms with Crippen molar-refractivity contribution < 1.29 is 13.5 Å². The molecule has 2 fully saturated rings. The van der Waals surface area contributed by atoms with Gasteiger partial charge in [0.25, 0.3) is 0 Å². The Bertz CT molecular complexity index is 244. The maximum atomic E-state index is 13.0. The first kappa shape index (κ1) is 14.2. The molecule has 0 aromatic carbocycles. The molecule has 0 aromatic rings. The van der Waals surface area contributed by atoms with E-state index < -0.39 is 5.92 Å². The summed E-state index contributed by atoms with van der Waals surface area (Å²) in [5.74, 6) is -1.39. The maximum Gasteiger partial charge on any atom is 0.248 e. The van der Waals surface area contributed by atoms with Crippen molar-refractivity contribution in [3.8, 4) is 0 Å². The van der Waals surface area contributed by atoms with E-state index in [0.717, 1.165) is 26.2 Å². The van der Waals surface area contributed by atoms with Gasteiger partial charge < -0.3 is 10.1 Å². The van der Waals surface area contributed by atoms with Crippen molar-refractivity contribution >= 4 is 0 Å². The Hall–Kier alpha value is -0.220. The van der Waals surface area contributed by atoms with Crippen molar-refractivity contribution in [3.05, 3.63) is 0 Å². The lowest BCUT2D eigenvalue weighted by atomic mass is 9.86. The van der Waals surface area contributed by atoms with Gasteiger partial charge in [0.05, 0.1) is 6.61 Å². The molecule has 0 spiro atoms. The Balaban J connectivity index is 1.65. The van der Waals surface area contributed by atoms with Crippen LogP contribution in [0.25, 0.3) is 0 Å². The summed E-state index contributed by atoms with van der Waals surface area (Å²) < 4.78 is 31.5. The first-order valence-electron chi connectivity index (χ1n) is 7.26. The smallest absolute Gasteiger partial charge is 0.248 e. The van der Waals surface area contributed by atoms with Gasteiger partial charge in [0.15, 0.2) is 0 Å². The largest absolute Gasteiger partial charge is 0.381 e. The normalized spacial score (nSPS) is 31.2. The highest BCUT2D eigenvalue weighted by Crippen LogP contribution is 2.35. The van der Waals surface area contributed by atoms with E-state index in [9.17, 15) is 8.78 Å². The molecule has 2 rings (SSSR count). The van der Waals surface area contributed by atoms with Crippen molar-refractivity contribution in [3.63, 3.8) is 0 Å². The number of nitrogens with one attached hydrogen (secondary N) is 1. The molecule has 0 radical (unpaired) electrons. The van der Waals surface area contributed by atoms with Gasteiger partial charge in [-0.05, 0) is 51.0 Å². The molecular weight excluding hydrogens is 236 g/mol. The van der Waals surface area contributed by atoms with Crippen LogP contribution in [0.5, 0.6) is 0 Å². The van der Waals surface area contributed by atoms with E-state index >= 15 is 0 Å². The standard InChI is InChI=1S/C14H25F2NO/c1-11(13-3-2-8-18-10-13)17-9-12-4-6-14(15,16)7-5-12/h11-13,17H,2-10H2,1H3/t11-,13-/m0/s1. The van der Waals surface area contributed by atoms with E-state index in [1.165, 1.54) is 6.42 Å². The molecule has 1 saturated heterocycles. The zero-order chi connectivity index (χ0) is 13.0. The Morgan fingerprint density at radius 1 is 1.28 bits per heavy atom. The highest BCUT2D eigenvalue weighted by molar-refractivity contribution is 4.81. The van der Waals surface area contributed by atoms with Gasteiger partial charge in [0.1, 0.15) is 0 Å². The molecule has 2 atom stereocenters. The van der Waals surface area contributed by atoms with Gasteiger partial charge in [0.2, 0.25) is 5.92 Å². The lowest BCUT2D eigenvalue weighted by molar-refractivity contribution is -0.0460. The summed E-state index contributed by atoms with van der Waals surface area (Å²) in [5.41, 5.74) is 0. The minimum absolute atomic E-state index is 0.0697. The maximum absolute atomic E-state index is 13.0. The fraction of sp³-hybridized carbons (Fsp3) is 1.00. The number of rotatable bonds is 4. The van der Waals surface area contributed by atoms with E-state index in [2.05, 4.69) is 12.2 Å². The second-order valence-electron chi connectivity index (χ2n) is 5.97. The van der Waals surface area contributed by atoms with Crippen LogP contribution in [0, 0.1) is 11.8 Å². The van der Waals surface area contributed by atoms with Crippen LogP contribution in [-0.2, 0) is 4.74 Å². The zero-order valence-electron chi connectivity index (χ0n) is 11.3. The average Bonchev–Trinajstić information content (AvgIpc) is 2.38. The molecule has 2 nitrogen and oxygen atoms in total. The van der Waals surface area contributed by atoms with Gasteiger partial charge in [-0.15, -0.1) is 0 Å². The van der Waals surface area contributed by atoms with Gasteiger partial charge in [-0.3, -0.25) is 0 Å². The molecule has 1 saturated carbocycles. The third-order valence-electron chi connectivity index (χ3n) is 4.47. The summed E-state index contributed by atoms with van der Waals surface area (Å²) in [4.78, 5) is 0. The van der Waals surface area contributed by atoms with Crippen LogP contribution < -0.4 is 5.32 Å². The molecule has 106 valence electrons. The van der Waals surface area contributed by atoms with Crippen LogP contribution in [0.1, 0.15) is 45.4 Å². The summed E-state index contributed by atoms with van der Waals surface area (Å²) in [6.45, 7) is 4.81. The van der Waals surface area contributed by atoms with E-state index in [1.54, 1.807) is 0 Å². The predicted octanol–water partition coefficient (Wildman–Crippen LogP) is 3.22. The van der Waals surface area contributed by atoms with E-state index in [0.29, 0.717) is 30.7 Å². The first-order valence-corrected chi connectivity index (χ1v) is 7.26. The molecule has 0 aromatic heterocycles. The second kappa shape index (κ2) is 6.29. The topological polar surface area (TPSA) is 21.3 Å². The molecule has 0 unspecified atom stereocenters. The van der Waals surface area contributed by atoms with Crippen LogP contribution in [0.15, 0.2) is 0 Å². The molecule has 1 aliphatic heterocycles. The number of hydrogen-bond donors (Lipinski definition) is 1. The number of halogens is 2. The minimum atomic E-state index is -2.40. The zero-order valence-corrected chi connectivity index (χ0v) is 11.3. The highest BCUT2D eigenvalue weighted by Gasteiger charge is 2.34. The summed E-state index contributed by atoms with van der Waals surface area (Å²) in [5, 5.41) is 3.52. The van der Waals surface area contributed by atoms with Crippen LogP contribution in [0.3, 0.4) is 0 Å². The predicted molar refractivity (Wildman–Crippen MR) is 67.9 cm³/mol. The van der Waals surface area contributed by atoms with Gasteiger partial charge in [-0.25, -0.2) is 8.78 Å². The molecule has 1 aliphatic carbocycles. The van der Waals surface area contributed by atoms with Crippen LogP contribution in [-0.4, -0.2) is 31.7 Å². The fourth-order valence-electron chi connectivity index (χ4n) is 2.98. The van der Waals surface area contributed by atoms with Crippen molar-refractivity contribution in [2.75, 3.05) is 19.8 Å². The molecule has 0 bridgehead atoms. The molecule has 1 heterocycles. The molecule has 18 heavy (non-hydrogen) atoms. The van der Waals surface area contributed by atoms with Crippen molar-refractivity contribution in [2.45, 2.75) is 57.4 Å². The van der Waals surface area contributed by atoms with Crippen molar-refractivity contribution in [2.24, 2.45) is 11.8 Å². The number of ether oxygens (including phenoxy) is 1. The summed E-state index contributed by atoms with van der Waals surface area (Å²) in [6, 6.07) is 0.438. The average molecular weight is 261 g/mol. The number of hydrogen-bond acceptors (Lipinski definition) is 2. The van der Waals surface area contributed by atoms with Crippen molar-refractivity contribution in [1.29, 1.82) is 0 Å². The lowest BCUT2D eigenvalue weighted by Crippen LogP contribution is -2.41. The van der Waals surface area contributed by atoms with E-state index in [-0.39, 0.29) is 12.8 Å². The second-order valence-corrected chi connectivity index (χ2v) is 5.97. The summed E-state index contributed by atoms with van der Waals surface area (Å²) >= 11 is 0. The van der Waals surface area contributed by atoms with E-state index in [4.69, 9.17) is 4.74 Å². The summed E-state index contributed by atoms with van der Waals surface area (Å²) in [7, 11) is 0. The van der Waals surface area contributed by atoms with Crippen LogP contribution >= 0.6 is 0 Å². The van der Waals surface area contributed by atoms with Gasteiger partial charge in [0, 0.05) is 25.5 Å². The van der Waals surface area contributed by atoms with Gasteiger partial charge in [-0.1, -0.05) is 0 Å². The lowest BCUT2D eigenvalue weighted by Gasteiger charge is -2.32. The Labute approximate surface area is 108 Å². The third kappa shape index (κ3) is 4.16. The molecule has 4 heteroatoms. The quantitative estimate of drug-likeness (QED) is 0.839. The van der Waals surface area contributed by atoms with E-state index in [1.807, 2.05) is 0 Å². The van der Waals surface area contributed by atoms with Gasteiger partial charge in [-0.2, -0.15) is 0 Å². The summed E-state index contributed by atoms with van der Waals surface area (Å²) in [6.07, 6.45) is 3.82. The van der Waals surface area contributed by atoms with Crippen molar-refractivity contribution in [1.82, 2.24) is 5.32 Å². The third-order valence-corrected chi connectivity index (χ3v) is 4.47. The fourth-order valence-corrected chi connectivity index (χ4v) is 2.98. The Morgan fingerprint density at radius 3 is 2.61 bits per heavy atom. The molecule has 2 aliphatic rings. The Morgan fingerprint density at radius 2 is 2.00 bits per heavy atom. The number of alkyl halides is 2. The Kier molecular flexibility index (Phi) is 4.96.